The maximum atomic E-state index is 12.0. The molecule has 3 unspecified atom stereocenters. The summed E-state index contributed by atoms with van der Waals surface area (Å²) < 4.78 is 51.5. The molecule has 0 radical (unpaired) electrons. The molecule has 1 aliphatic rings. The Morgan fingerprint density at radius 3 is 2.37 bits per heavy atom. The first kappa shape index (κ1) is 25.3. The van der Waals surface area contributed by atoms with Crippen LogP contribution in [0.4, 0.5) is 0 Å². The van der Waals surface area contributed by atoms with Crippen LogP contribution in [0.15, 0.2) is 15.8 Å². The van der Waals surface area contributed by atoms with Crippen molar-refractivity contribution in [1.82, 2.24) is 9.55 Å². The average molecular weight is 496 g/mol. The van der Waals surface area contributed by atoms with Gasteiger partial charge in [0.2, 0.25) is 0 Å². The molecule has 5 atom stereocenters. The number of phosphoric acid groups is 3. The van der Waals surface area contributed by atoms with Crippen molar-refractivity contribution < 1.29 is 56.3 Å². The summed E-state index contributed by atoms with van der Waals surface area (Å²) in [5.74, 6) is 0. The molecule has 19 heteroatoms. The number of aromatic nitrogens is 2. The standard InChI is InChI=1S/C11H19N2O14P3/c1-2-6-4-13(11(16)12-10(6)15)9-3-7(14)8(25-9)5-24-29(20,21)27-30(22,23)26-28(17,18)19/h4,7-9,14H,2-3,5H2,1H3,(H,20,21)(H,22,23)(H,12,15,16)(H2,17,18,19)/t7?,8-,9-/m0/s1. The van der Waals surface area contributed by atoms with Gasteiger partial charge in [-0.05, 0) is 6.42 Å². The summed E-state index contributed by atoms with van der Waals surface area (Å²) in [6, 6.07) is 0. The van der Waals surface area contributed by atoms with E-state index in [1.54, 1.807) is 6.92 Å². The van der Waals surface area contributed by atoms with Gasteiger partial charge in [-0.1, -0.05) is 6.92 Å². The highest BCUT2D eigenvalue weighted by molar-refractivity contribution is 7.66. The first-order valence-electron chi connectivity index (χ1n) is 8.08. The molecular weight excluding hydrogens is 477 g/mol. The Kier molecular flexibility index (Phi) is 7.79. The molecule has 30 heavy (non-hydrogen) atoms. The van der Waals surface area contributed by atoms with Gasteiger partial charge >= 0.3 is 29.2 Å². The van der Waals surface area contributed by atoms with Crippen LogP contribution in [0.3, 0.4) is 0 Å². The van der Waals surface area contributed by atoms with E-state index in [0.29, 0.717) is 6.42 Å². The van der Waals surface area contributed by atoms with Crippen LogP contribution in [-0.2, 0) is 38.0 Å². The number of aliphatic hydroxyl groups is 1. The van der Waals surface area contributed by atoms with E-state index < -0.39 is 59.8 Å². The predicted molar refractivity (Wildman–Crippen MR) is 95.1 cm³/mol. The summed E-state index contributed by atoms with van der Waals surface area (Å²) in [7, 11) is -16.6. The fourth-order valence-corrected chi connectivity index (χ4v) is 5.53. The maximum absolute atomic E-state index is 12.0. The normalized spacial score (nSPS) is 26.3. The quantitative estimate of drug-likeness (QED) is 0.227. The molecule has 1 saturated heterocycles. The van der Waals surface area contributed by atoms with Gasteiger partial charge in [0.15, 0.2) is 0 Å². The molecule has 1 aromatic rings. The van der Waals surface area contributed by atoms with Crippen LogP contribution in [-0.4, -0.2) is 53.0 Å². The molecule has 0 spiro atoms. The Bertz CT molecular complexity index is 1030. The van der Waals surface area contributed by atoms with Crippen molar-refractivity contribution in [3.05, 3.63) is 32.6 Å². The van der Waals surface area contributed by atoms with Gasteiger partial charge in [-0.3, -0.25) is 18.9 Å². The summed E-state index contributed by atoms with van der Waals surface area (Å²) >= 11 is 0. The van der Waals surface area contributed by atoms with Gasteiger partial charge in [-0.25, -0.2) is 18.5 Å². The van der Waals surface area contributed by atoms with Crippen molar-refractivity contribution in [2.45, 2.75) is 38.2 Å². The molecule has 0 bridgehead atoms. The molecule has 1 fully saturated rings. The topological polar surface area (TPSA) is 244 Å². The molecule has 172 valence electrons. The van der Waals surface area contributed by atoms with Crippen LogP contribution in [0, 0.1) is 0 Å². The molecule has 16 nitrogen and oxygen atoms in total. The van der Waals surface area contributed by atoms with Gasteiger partial charge < -0.3 is 29.4 Å². The van der Waals surface area contributed by atoms with Gasteiger partial charge in [0.25, 0.3) is 5.56 Å². The lowest BCUT2D eigenvalue weighted by molar-refractivity contribution is -0.0450. The Hall–Kier alpha value is -0.990. The van der Waals surface area contributed by atoms with Gasteiger partial charge in [0, 0.05) is 18.2 Å². The summed E-state index contributed by atoms with van der Waals surface area (Å²) in [5, 5.41) is 10.0. The Labute approximate surface area is 167 Å². The third kappa shape index (κ3) is 7.02. The van der Waals surface area contributed by atoms with E-state index in [2.05, 4.69) is 18.1 Å². The number of rotatable bonds is 9. The highest BCUT2D eigenvalue weighted by Crippen LogP contribution is 2.66. The van der Waals surface area contributed by atoms with Crippen LogP contribution < -0.4 is 11.2 Å². The zero-order chi connectivity index (χ0) is 22.9. The van der Waals surface area contributed by atoms with Crippen molar-refractivity contribution in [2.75, 3.05) is 6.61 Å². The number of H-pyrrole nitrogens is 1. The number of nitrogens with zero attached hydrogens (tertiary/aromatic N) is 1. The number of aryl methyl sites for hydroxylation is 1. The number of aromatic amines is 1. The Morgan fingerprint density at radius 2 is 1.80 bits per heavy atom. The number of ether oxygens (including phenoxy) is 1. The highest BCUT2D eigenvalue weighted by atomic mass is 31.3. The third-order valence-electron chi connectivity index (χ3n) is 3.75. The summed E-state index contributed by atoms with van der Waals surface area (Å²) in [6.45, 7) is 0.801. The van der Waals surface area contributed by atoms with E-state index in [1.165, 1.54) is 6.20 Å². The van der Waals surface area contributed by atoms with Gasteiger partial charge in [0.1, 0.15) is 12.3 Å². The lowest BCUT2D eigenvalue weighted by Crippen LogP contribution is -2.34. The van der Waals surface area contributed by atoms with E-state index in [1.807, 2.05) is 0 Å². The SMILES string of the molecule is CCc1cn([C@@H]2CC(O)[C@H](COP(=O)(O)OP(=O)(O)OP(=O)(O)O)O2)c(=O)[nH]c1=O. The summed E-state index contributed by atoms with van der Waals surface area (Å²) in [5.41, 5.74) is -1.13. The molecule has 2 heterocycles. The minimum atomic E-state index is -5.68. The second-order valence-electron chi connectivity index (χ2n) is 5.99. The number of phosphoric ester groups is 1. The third-order valence-corrected chi connectivity index (χ3v) is 7.56. The van der Waals surface area contributed by atoms with Crippen molar-refractivity contribution >= 4 is 23.5 Å². The van der Waals surface area contributed by atoms with Crippen molar-refractivity contribution in [1.29, 1.82) is 0 Å². The summed E-state index contributed by atoms with van der Waals surface area (Å²) in [6.07, 6.45) is -2.30. The van der Waals surface area contributed by atoms with E-state index in [9.17, 15) is 33.3 Å². The van der Waals surface area contributed by atoms with Crippen molar-refractivity contribution in [3.63, 3.8) is 0 Å². The lowest BCUT2D eigenvalue weighted by Gasteiger charge is -2.19. The Morgan fingerprint density at radius 1 is 1.17 bits per heavy atom. The predicted octanol–water partition coefficient (Wildman–Crippen LogP) is -0.909. The van der Waals surface area contributed by atoms with E-state index in [4.69, 9.17) is 19.4 Å². The first-order chi connectivity index (χ1) is 13.6. The second kappa shape index (κ2) is 9.25. The van der Waals surface area contributed by atoms with Crippen LogP contribution in [0.2, 0.25) is 0 Å². The number of hydrogen-bond acceptors (Lipinski definition) is 10. The number of hydrogen-bond donors (Lipinski definition) is 6. The fourth-order valence-electron chi connectivity index (χ4n) is 2.50. The highest BCUT2D eigenvalue weighted by Gasteiger charge is 2.42. The summed E-state index contributed by atoms with van der Waals surface area (Å²) in [4.78, 5) is 61.1. The largest absolute Gasteiger partial charge is 0.490 e. The zero-order valence-corrected chi connectivity index (χ0v) is 17.8. The minimum Gasteiger partial charge on any atom is -0.390 e. The van der Waals surface area contributed by atoms with Crippen LogP contribution >= 0.6 is 23.5 Å². The maximum Gasteiger partial charge on any atom is 0.490 e. The minimum absolute atomic E-state index is 0.167. The van der Waals surface area contributed by atoms with Crippen molar-refractivity contribution in [2.24, 2.45) is 0 Å². The van der Waals surface area contributed by atoms with Crippen LogP contribution in [0.1, 0.15) is 25.1 Å². The van der Waals surface area contributed by atoms with Gasteiger partial charge in [0.05, 0.1) is 12.7 Å². The molecular formula is C11H19N2O14P3. The fraction of sp³-hybridized carbons (Fsp3) is 0.636. The first-order valence-corrected chi connectivity index (χ1v) is 12.6. The molecule has 0 aromatic carbocycles. The average Bonchev–Trinajstić information content (AvgIpc) is 2.90. The molecule has 0 aliphatic carbocycles. The molecule has 0 amide bonds. The molecule has 2 rings (SSSR count). The lowest BCUT2D eigenvalue weighted by atomic mass is 10.2. The van der Waals surface area contributed by atoms with Crippen molar-refractivity contribution in [3.8, 4) is 0 Å². The van der Waals surface area contributed by atoms with Gasteiger partial charge in [-0.2, -0.15) is 8.62 Å². The monoisotopic (exact) mass is 496 g/mol. The number of nitrogens with one attached hydrogen (secondary N) is 1. The molecule has 0 saturated carbocycles. The zero-order valence-electron chi connectivity index (χ0n) is 15.1. The smallest absolute Gasteiger partial charge is 0.390 e. The molecule has 6 N–H and O–H groups in total. The van der Waals surface area contributed by atoms with Crippen LogP contribution in [0.25, 0.3) is 0 Å². The van der Waals surface area contributed by atoms with E-state index in [-0.39, 0.29) is 12.0 Å². The Balaban J connectivity index is 2.05. The molecule has 1 aromatic heterocycles. The van der Waals surface area contributed by atoms with E-state index in [0.717, 1.165) is 4.57 Å². The number of aliphatic hydroxyl groups excluding tert-OH is 1. The van der Waals surface area contributed by atoms with Crippen LogP contribution in [0.5, 0.6) is 0 Å². The second-order valence-corrected chi connectivity index (χ2v) is 10.4. The van der Waals surface area contributed by atoms with E-state index >= 15 is 0 Å². The van der Waals surface area contributed by atoms with Gasteiger partial charge in [-0.15, -0.1) is 0 Å². The molecule has 1 aliphatic heterocycles.